The predicted octanol–water partition coefficient (Wildman–Crippen LogP) is 2.21. The highest BCUT2D eigenvalue weighted by molar-refractivity contribution is 5.84. The van der Waals surface area contributed by atoms with Crippen LogP contribution in [-0.4, -0.2) is 21.0 Å². The smallest absolute Gasteiger partial charge is 0.314 e. The Balaban J connectivity index is 2.14. The summed E-state index contributed by atoms with van der Waals surface area (Å²) in [7, 11) is 0. The molecule has 3 rings (SSSR count). The zero-order valence-corrected chi connectivity index (χ0v) is 11.1. The molecule has 104 valence electrons. The Bertz CT molecular complexity index is 714. The van der Waals surface area contributed by atoms with Crippen LogP contribution in [-0.2, 0) is 10.2 Å². The number of carboxylic acids is 1. The summed E-state index contributed by atoms with van der Waals surface area (Å²) in [6, 6.07) is 5.35. The Morgan fingerprint density at radius 1 is 1.25 bits per heavy atom. The SMILES string of the molecule is O=C(O)C1(c2ccc3[nH]c(=O)cnc3c2)CCCCC1. The zero-order chi connectivity index (χ0) is 14.2. The number of aromatic nitrogens is 2. The topological polar surface area (TPSA) is 83.0 Å². The summed E-state index contributed by atoms with van der Waals surface area (Å²) in [6.45, 7) is 0. The first-order chi connectivity index (χ1) is 9.62. The first-order valence-corrected chi connectivity index (χ1v) is 6.85. The molecule has 0 saturated heterocycles. The molecule has 0 spiro atoms. The van der Waals surface area contributed by atoms with Crippen molar-refractivity contribution >= 4 is 17.0 Å². The lowest BCUT2D eigenvalue weighted by Gasteiger charge is -2.33. The molecule has 0 aliphatic heterocycles. The van der Waals surface area contributed by atoms with Gasteiger partial charge in [-0.1, -0.05) is 25.3 Å². The van der Waals surface area contributed by atoms with Crippen molar-refractivity contribution in [2.45, 2.75) is 37.5 Å². The summed E-state index contributed by atoms with van der Waals surface area (Å²) in [5.74, 6) is -0.763. The van der Waals surface area contributed by atoms with Crippen LogP contribution in [0.2, 0.25) is 0 Å². The van der Waals surface area contributed by atoms with Crippen LogP contribution in [0, 0.1) is 0 Å². The van der Waals surface area contributed by atoms with E-state index >= 15 is 0 Å². The Hall–Kier alpha value is -2.17. The van der Waals surface area contributed by atoms with E-state index in [1.165, 1.54) is 6.20 Å². The molecule has 1 fully saturated rings. The number of benzene rings is 1. The van der Waals surface area contributed by atoms with Crippen molar-refractivity contribution in [2.24, 2.45) is 0 Å². The number of aromatic amines is 1. The van der Waals surface area contributed by atoms with Crippen molar-refractivity contribution in [3.8, 4) is 0 Å². The minimum Gasteiger partial charge on any atom is -0.481 e. The maximum absolute atomic E-state index is 11.8. The predicted molar refractivity (Wildman–Crippen MR) is 74.8 cm³/mol. The molecule has 1 aliphatic carbocycles. The molecule has 1 aromatic heterocycles. The second-order valence-electron chi connectivity index (χ2n) is 5.43. The van der Waals surface area contributed by atoms with Crippen molar-refractivity contribution in [1.29, 1.82) is 0 Å². The highest BCUT2D eigenvalue weighted by Gasteiger charge is 2.41. The van der Waals surface area contributed by atoms with E-state index in [0.29, 0.717) is 23.9 Å². The molecule has 1 saturated carbocycles. The van der Waals surface area contributed by atoms with Crippen LogP contribution in [0.4, 0.5) is 0 Å². The number of nitrogens with one attached hydrogen (secondary N) is 1. The fourth-order valence-corrected chi connectivity index (χ4v) is 3.12. The van der Waals surface area contributed by atoms with Gasteiger partial charge in [0.25, 0.3) is 5.56 Å². The van der Waals surface area contributed by atoms with Crippen LogP contribution in [0.15, 0.2) is 29.2 Å². The van der Waals surface area contributed by atoms with Gasteiger partial charge in [0, 0.05) is 0 Å². The molecule has 0 radical (unpaired) electrons. The minimum absolute atomic E-state index is 0.254. The number of carbonyl (C=O) groups is 1. The Morgan fingerprint density at radius 2 is 2.00 bits per heavy atom. The van der Waals surface area contributed by atoms with Crippen LogP contribution in [0.1, 0.15) is 37.7 Å². The van der Waals surface area contributed by atoms with Crippen molar-refractivity contribution < 1.29 is 9.90 Å². The lowest BCUT2D eigenvalue weighted by molar-refractivity contribution is -0.145. The average Bonchev–Trinajstić information content (AvgIpc) is 2.47. The van der Waals surface area contributed by atoms with Crippen LogP contribution in [0.3, 0.4) is 0 Å². The van der Waals surface area contributed by atoms with E-state index in [4.69, 9.17) is 0 Å². The zero-order valence-electron chi connectivity index (χ0n) is 11.1. The lowest BCUT2D eigenvalue weighted by atomic mass is 9.69. The molecular formula is C15H16N2O3. The first kappa shape index (κ1) is 12.8. The van der Waals surface area contributed by atoms with Gasteiger partial charge in [0.15, 0.2) is 0 Å². The normalized spacial score (nSPS) is 18.0. The molecule has 0 atom stereocenters. The largest absolute Gasteiger partial charge is 0.481 e. The van der Waals surface area contributed by atoms with E-state index in [0.717, 1.165) is 24.8 Å². The van der Waals surface area contributed by atoms with Crippen LogP contribution in [0.5, 0.6) is 0 Å². The number of rotatable bonds is 2. The summed E-state index contributed by atoms with van der Waals surface area (Å²) in [5.41, 5.74) is 1.00. The highest BCUT2D eigenvalue weighted by atomic mass is 16.4. The van der Waals surface area contributed by atoms with E-state index in [9.17, 15) is 14.7 Å². The minimum atomic E-state index is -0.801. The number of hydrogen-bond acceptors (Lipinski definition) is 3. The van der Waals surface area contributed by atoms with Gasteiger partial charge in [-0.2, -0.15) is 0 Å². The fourth-order valence-electron chi connectivity index (χ4n) is 3.12. The quantitative estimate of drug-likeness (QED) is 0.878. The van der Waals surface area contributed by atoms with Crippen molar-refractivity contribution in [2.75, 3.05) is 0 Å². The van der Waals surface area contributed by atoms with Crippen LogP contribution in [0.25, 0.3) is 11.0 Å². The number of aliphatic carboxylic acids is 1. The number of nitrogens with zero attached hydrogens (tertiary/aromatic N) is 1. The molecule has 1 aliphatic rings. The van der Waals surface area contributed by atoms with Crippen molar-refractivity contribution in [3.63, 3.8) is 0 Å². The molecule has 5 nitrogen and oxygen atoms in total. The van der Waals surface area contributed by atoms with Gasteiger partial charge in [0.05, 0.1) is 22.6 Å². The van der Waals surface area contributed by atoms with Gasteiger partial charge in [-0.25, -0.2) is 4.98 Å². The van der Waals surface area contributed by atoms with Gasteiger partial charge >= 0.3 is 5.97 Å². The van der Waals surface area contributed by atoms with Crippen LogP contribution < -0.4 is 5.56 Å². The third kappa shape index (κ3) is 1.99. The summed E-state index contributed by atoms with van der Waals surface area (Å²) >= 11 is 0. The maximum Gasteiger partial charge on any atom is 0.314 e. The van der Waals surface area contributed by atoms with Gasteiger partial charge in [-0.3, -0.25) is 9.59 Å². The van der Waals surface area contributed by atoms with Crippen molar-refractivity contribution in [3.05, 3.63) is 40.3 Å². The van der Waals surface area contributed by atoms with Crippen LogP contribution >= 0.6 is 0 Å². The molecule has 2 N–H and O–H groups in total. The van der Waals surface area contributed by atoms with E-state index in [1.54, 1.807) is 18.2 Å². The van der Waals surface area contributed by atoms with Gasteiger partial charge < -0.3 is 10.1 Å². The summed E-state index contributed by atoms with van der Waals surface area (Å²) in [6.07, 6.45) is 5.51. The third-order valence-corrected chi connectivity index (χ3v) is 4.25. The molecule has 0 bridgehead atoms. The first-order valence-electron chi connectivity index (χ1n) is 6.85. The van der Waals surface area contributed by atoms with Gasteiger partial charge in [-0.05, 0) is 30.5 Å². The number of carboxylic acid groups (broad SMARTS) is 1. The number of H-pyrrole nitrogens is 1. The van der Waals surface area contributed by atoms with E-state index in [-0.39, 0.29) is 5.56 Å². The molecule has 5 heteroatoms. The number of fused-ring (bicyclic) bond motifs is 1. The summed E-state index contributed by atoms with van der Waals surface area (Å²) in [5, 5.41) is 9.68. The van der Waals surface area contributed by atoms with Gasteiger partial charge in [-0.15, -0.1) is 0 Å². The Kier molecular flexibility index (Phi) is 3.04. The Morgan fingerprint density at radius 3 is 2.70 bits per heavy atom. The summed E-state index contributed by atoms with van der Waals surface area (Å²) < 4.78 is 0. The molecule has 2 aromatic rings. The molecule has 1 heterocycles. The number of hydrogen-bond donors (Lipinski definition) is 2. The fraction of sp³-hybridized carbons (Fsp3) is 0.400. The molecule has 20 heavy (non-hydrogen) atoms. The van der Waals surface area contributed by atoms with E-state index < -0.39 is 11.4 Å². The van der Waals surface area contributed by atoms with Gasteiger partial charge in [0.2, 0.25) is 0 Å². The third-order valence-electron chi connectivity index (χ3n) is 4.25. The highest BCUT2D eigenvalue weighted by Crippen LogP contribution is 2.40. The van der Waals surface area contributed by atoms with E-state index in [2.05, 4.69) is 9.97 Å². The standard InChI is InChI=1S/C15H16N2O3/c18-13-9-16-12-8-10(4-5-11(12)17-13)15(14(19)20)6-2-1-3-7-15/h4-5,8-9H,1-3,6-7H2,(H,17,18)(H,19,20). The second-order valence-corrected chi connectivity index (χ2v) is 5.43. The second kappa shape index (κ2) is 4.74. The van der Waals surface area contributed by atoms with Crippen molar-refractivity contribution in [1.82, 2.24) is 9.97 Å². The monoisotopic (exact) mass is 272 g/mol. The van der Waals surface area contributed by atoms with Gasteiger partial charge in [0.1, 0.15) is 0 Å². The lowest BCUT2D eigenvalue weighted by Crippen LogP contribution is -2.37. The maximum atomic E-state index is 11.8. The molecule has 1 aromatic carbocycles. The molecule has 0 unspecified atom stereocenters. The Labute approximate surface area is 115 Å². The average molecular weight is 272 g/mol. The molecular weight excluding hydrogens is 256 g/mol. The van der Waals surface area contributed by atoms with E-state index in [1.807, 2.05) is 0 Å². The molecule has 0 amide bonds. The summed E-state index contributed by atoms with van der Waals surface area (Å²) in [4.78, 5) is 29.8.